The minimum absolute atomic E-state index is 0.226. The van der Waals surface area contributed by atoms with Crippen LogP contribution in [-0.2, 0) is 26.1 Å². The Hall–Kier alpha value is -5.67. The van der Waals surface area contributed by atoms with Gasteiger partial charge in [-0.15, -0.1) is 0 Å². The molecule has 0 radical (unpaired) electrons. The molecule has 8 rings (SSSR count). The molecule has 0 bridgehead atoms. The summed E-state index contributed by atoms with van der Waals surface area (Å²) >= 11 is 0. The van der Waals surface area contributed by atoms with Gasteiger partial charge in [0.2, 0.25) is 5.91 Å². The SMILES string of the molecule is C=C1CCC(N2C(=O)c3ccc(OCCOCCCOCCCOCC4(O)CN(c5ccc(-c6ccc7c8cnccc8n(C)c7c6)cn5)C4)cc3C2=O)C(=O)N1. The van der Waals surface area contributed by atoms with E-state index in [9.17, 15) is 19.5 Å². The number of piperidine rings is 1. The molecule has 0 spiro atoms. The normalized spacial score (nSPS) is 17.7. The summed E-state index contributed by atoms with van der Waals surface area (Å²) in [5.41, 5.74) is 4.59. The average Bonchev–Trinajstić information content (AvgIpc) is 3.63. The van der Waals surface area contributed by atoms with Crippen LogP contribution in [0.3, 0.4) is 0 Å². The molecule has 2 N–H and O–H groups in total. The number of aromatic nitrogens is 3. The molecule has 3 aliphatic heterocycles. The minimum Gasteiger partial charge on any atom is -0.491 e. The predicted octanol–water partition coefficient (Wildman–Crippen LogP) is 4.64. The lowest BCUT2D eigenvalue weighted by molar-refractivity contribution is -0.125. The number of ether oxygens (including phenoxy) is 4. The first-order chi connectivity index (χ1) is 27.7. The van der Waals surface area contributed by atoms with E-state index in [-0.39, 0.29) is 24.3 Å². The maximum Gasteiger partial charge on any atom is 0.262 e. The molecule has 14 heteroatoms. The number of nitrogens with one attached hydrogen (secondary N) is 1. The summed E-state index contributed by atoms with van der Waals surface area (Å²) in [4.78, 5) is 50.4. The zero-order valence-corrected chi connectivity index (χ0v) is 31.9. The van der Waals surface area contributed by atoms with Crippen LogP contribution in [0.5, 0.6) is 5.75 Å². The number of hydrogen-bond acceptors (Lipinski definition) is 11. The number of carbonyl (C=O) groups excluding carboxylic acids is 3. The molecule has 2 aromatic carbocycles. The highest BCUT2D eigenvalue weighted by Gasteiger charge is 2.44. The van der Waals surface area contributed by atoms with Crippen LogP contribution in [0.15, 0.2) is 85.5 Å². The van der Waals surface area contributed by atoms with Crippen molar-refractivity contribution in [2.75, 3.05) is 64.2 Å². The highest BCUT2D eigenvalue weighted by atomic mass is 16.5. The van der Waals surface area contributed by atoms with E-state index >= 15 is 0 Å². The van der Waals surface area contributed by atoms with Crippen molar-refractivity contribution in [3.63, 3.8) is 0 Å². The molecule has 14 nitrogen and oxygen atoms in total. The van der Waals surface area contributed by atoms with Gasteiger partial charge >= 0.3 is 0 Å². The van der Waals surface area contributed by atoms with Crippen LogP contribution in [0.1, 0.15) is 46.4 Å². The molecular weight excluding hydrogens is 729 g/mol. The van der Waals surface area contributed by atoms with Gasteiger partial charge in [0.05, 0.1) is 42.9 Å². The number of rotatable bonds is 17. The summed E-state index contributed by atoms with van der Waals surface area (Å²) in [7, 11) is 2.07. The summed E-state index contributed by atoms with van der Waals surface area (Å²) < 4.78 is 25.1. The first-order valence-corrected chi connectivity index (χ1v) is 19.3. The fourth-order valence-corrected chi connectivity index (χ4v) is 7.73. The van der Waals surface area contributed by atoms with Crippen LogP contribution in [-0.4, -0.2) is 113 Å². The number of pyridine rings is 2. The number of hydrogen-bond donors (Lipinski definition) is 2. The van der Waals surface area contributed by atoms with Crippen molar-refractivity contribution in [3.05, 3.63) is 96.6 Å². The Labute approximate surface area is 330 Å². The lowest BCUT2D eigenvalue weighted by atomic mass is 9.95. The Balaban J connectivity index is 0.664. The molecule has 6 heterocycles. The molecule has 0 saturated carbocycles. The molecule has 0 aliphatic carbocycles. The minimum atomic E-state index is -0.903. The predicted molar refractivity (Wildman–Crippen MR) is 213 cm³/mol. The van der Waals surface area contributed by atoms with E-state index in [2.05, 4.69) is 57.7 Å². The number of β-amino-alcohol motifs (C(OH)–C–C–N with tert-alkyl or cyclic N) is 1. The monoisotopic (exact) mass is 774 g/mol. The summed E-state index contributed by atoms with van der Waals surface area (Å²) in [5.74, 6) is -0.104. The largest absolute Gasteiger partial charge is 0.491 e. The molecule has 3 amide bonds. The second-order valence-electron chi connectivity index (χ2n) is 14.8. The summed E-state index contributed by atoms with van der Waals surface area (Å²) in [6.45, 7) is 7.64. The van der Waals surface area contributed by atoms with Gasteiger partial charge in [0, 0.05) is 79.6 Å². The summed E-state index contributed by atoms with van der Waals surface area (Å²) in [6.07, 6.45) is 7.91. The number of aliphatic hydroxyl groups is 1. The maximum absolute atomic E-state index is 13.0. The second kappa shape index (κ2) is 16.4. The standard InChI is InChI=1S/C43H46N6O8/c1-28-5-11-37(40(50)46-28)49-41(51)33-10-8-31(22-34(33)42(49)52)57-20-19-55-17-3-15-54-16-4-18-56-27-43(53)25-48(26-43)39-12-7-30(23-45-39)29-6-9-32-35-24-44-14-13-36(35)47(2)38(32)21-29/h6-10,12-14,21-24,37,53H,1,3-5,11,15-20,25-27H2,2H3,(H,46,50). The Morgan fingerprint density at radius 2 is 1.58 bits per heavy atom. The first kappa shape index (κ1) is 38.2. The molecule has 1 unspecified atom stereocenters. The molecule has 296 valence electrons. The van der Waals surface area contributed by atoms with Crippen molar-refractivity contribution >= 4 is 45.3 Å². The lowest BCUT2D eigenvalue weighted by Gasteiger charge is -2.46. The Morgan fingerprint density at radius 1 is 0.825 bits per heavy atom. The molecular formula is C43H46N6O8. The van der Waals surface area contributed by atoms with Crippen molar-refractivity contribution in [3.8, 4) is 16.9 Å². The highest BCUT2D eigenvalue weighted by molar-refractivity contribution is 6.23. The molecule has 5 aromatic rings. The van der Waals surface area contributed by atoms with Gasteiger partial charge in [0.15, 0.2) is 0 Å². The fourth-order valence-electron chi connectivity index (χ4n) is 7.73. The average molecular weight is 775 g/mol. The van der Waals surface area contributed by atoms with Gasteiger partial charge < -0.3 is 38.8 Å². The van der Waals surface area contributed by atoms with Crippen LogP contribution >= 0.6 is 0 Å². The van der Waals surface area contributed by atoms with E-state index in [1.165, 1.54) is 11.5 Å². The number of carbonyl (C=O) groups is 3. The second-order valence-corrected chi connectivity index (χ2v) is 14.8. The van der Waals surface area contributed by atoms with E-state index < -0.39 is 29.4 Å². The van der Waals surface area contributed by atoms with Gasteiger partial charge in [-0.2, -0.15) is 0 Å². The maximum atomic E-state index is 13.0. The zero-order chi connectivity index (χ0) is 39.5. The number of allylic oxidation sites excluding steroid dienone is 1. The van der Waals surface area contributed by atoms with Crippen LogP contribution in [0.4, 0.5) is 5.82 Å². The van der Waals surface area contributed by atoms with Gasteiger partial charge in [-0.3, -0.25) is 24.3 Å². The lowest BCUT2D eigenvalue weighted by Crippen LogP contribution is -2.64. The number of fused-ring (bicyclic) bond motifs is 4. The van der Waals surface area contributed by atoms with E-state index in [1.54, 1.807) is 12.1 Å². The molecule has 1 atom stereocenters. The quantitative estimate of drug-likeness (QED) is 0.100. The van der Waals surface area contributed by atoms with Crippen LogP contribution in [0.25, 0.3) is 32.9 Å². The van der Waals surface area contributed by atoms with Crippen molar-refractivity contribution in [2.24, 2.45) is 7.05 Å². The highest BCUT2D eigenvalue weighted by Crippen LogP contribution is 2.34. The first-order valence-electron chi connectivity index (χ1n) is 19.3. The van der Waals surface area contributed by atoms with Crippen LogP contribution in [0.2, 0.25) is 0 Å². The van der Waals surface area contributed by atoms with Crippen LogP contribution < -0.4 is 15.0 Å². The Bertz CT molecular complexity index is 2320. The van der Waals surface area contributed by atoms with Crippen LogP contribution in [0, 0.1) is 0 Å². The number of aryl methyl sites for hydroxylation is 1. The van der Waals surface area contributed by atoms with Gasteiger partial charge in [0.25, 0.3) is 11.8 Å². The van der Waals surface area contributed by atoms with Crippen molar-refractivity contribution in [1.82, 2.24) is 24.8 Å². The van der Waals surface area contributed by atoms with Gasteiger partial charge in [0.1, 0.15) is 29.8 Å². The number of nitrogens with zero attached hydrogens (tertiary/aromatic N) is 5. The van der Waals surface area contributed by atoms with Gasteiger partial charge in [-0.05, 0) is 73.7 Å². The molecule has 3 aliphatic rings. The third kappa shape index (κ3) is 7.99. The molecule has 57 heavy (non-hydrogen) atoms. The smallest absolute Gasteiger partial charge is 0.262 e. The Kier molecular flexibility index (Phi) is 11.0. The van der Waals surface area contributed by atoms with Crippen molar-refractivity contribution in [1.29, 1.82) is 0 Å². The van der Waals surface area contributed by atoms with E-state index in [1.807, 2.05) is 30.7 Å². The van der Waals surface area contributed by atoms with Gasteiger partial charge in [-0.1, -0.05) is 18.7 Å². The number of imide groups is 1. The number of anilines is 1. The topological polar surface area (TPSA) is 158 Å². The summed E-state index contributed by atoms with van der Waals surface area (Å²) in [5, 5.41) is 15.9. The van der Waals surface area contributed by atoms with Gasteiger partial charge in [-0.25, -0.2) is 4.98 Å². The molecule has 2 saturated heterocycles. The number of benzene rings is 2. The molecule has 2 fully saturated rings. The van der Waals surface area contributed by atoms with E-state index in [0.717, 1.165) is 51.1 Å². The third-order valence-corrected chi connectivity index (χ3v) is 10.7. The third-order valence-electron chi connectivity index (χ3n) is 10.7. The molecule has 3 aromatic heterocycles. The Morgan fingerprint density at radius 3 is 2.35 bits per heavy atom. The fraction of sp³-hybridized carbons (Fsp3) is 0.372. The number of amides is 3. The van der Waals surface area contributed by atoms with Crippen molar-refractivity contribution in [2.45, 2.75) is 37.3 Å². The van der Waals surface area contributed by atoms with Crippen molar-refractivity contribution < 1.29 is 38.4 Å². The van der Waals surface area contributed by atoms with E-state index in [0.29, 0.717) is 70.4 Å². The zero-order valence-electron chi connectivity index (χ0n) is 31.9. The summed E-state index contributed by atoms with van der Waals surface area (Å²) in [6, 6.07) is 16.4. The van der Waals surface area contributed by atoms with E-state index in [4.69, 9.17) is 23.9 Å².